The Labute approximate surface area is 86.7 Å². The van der Waals surface area contributed by atoms with Gasteiger partial charge in [-0.15, -0.1) is 0 Å². The molecule has 2 aliphatic rings. The summed E-state index contributed by atoms with van der Waals surface area (Å²) < 4.78 is 0. The molecule has 2 heteroatoms. The van der Waals surface area contributed by atoms with E-state index in [0.717, 1.165) is 13.0 Å². The first kappa shape index (κ1) is 10.2. The molecule has 1 saturated carbocycles. The molecule has 0 amide bonds. The quantitative estimate of drug-likeness (QED) is 0.638. The Morgan fingerprint density at radius 3 is 2.29 bits per heavy atom. The average Bonchev–Trinajstić information content (AvgIpc) is 2.24. The number of carbonyl (C=O) groups is 1. The summed E-state index contributed by atoms with van der Waals surface area (Å²) in [6.45, 7) is 7.52. The minimum absolute atomic E-state index is 0.200. The van der Waals surface area contributed by atoms with Crippen molar-refractivity contribution in [3.63, 3.8) is 0 Å². The maximum absolute atomic E-state index is 11.4. The van der Waals surface area contributed by atoms with E-state index >= 15 is 0 Å². The van der Waals surface area contributed by atoms with Crippen molar-refractivity contribution in [1.29, 1.82) is 0 Å². The molecular weight excluding hydrogens is 174 g/mol. The lowest BCUT2D eigenvalue weighted by Crippen LogP contribution is -2.44. The van der Waals surface area contributed by atoms with Crippen LogP contribution in [0.15, 0.2) is 0 Å². The van der Waals surface area contributed by atoms with Gasteiger partial charge in [0.25, 0.3) is 0 Å². The second kappa shape index (κ2) is 2.82. The number of nitrogens with zero attached hydrogens (tertiary/aromatic N) is 1. The molecule has 1 saturated heterocycles. The van der Waals surface area contributed by atoms with Crippen molar-refractivity contribution in [2.24, 2.45) is 10.8 Å². The zero-order chi connectivity index (χ0) is 10.6. The van der Waals surface area contributed by atoms with Crippen LogP contribution in [0.2, 0.25) is 0 Å². The van der Waals surface area contributed by atoms with Gasteiger partial charge in [-0.3, -0.25) is 9.69 Å². The first-order valence-electron chi connectivity index (χ1n) is 5.54. The smallest absolute Gasteiger partial charge is 0.146 e. The van der Waals surface area contributed by atoms with Crippen molar-refractivity contribution in [2.45, 2.75) is 46.1 Å². The molecule has 0 aromatic carbocycles. The van der Waals surface area contributed by atoms with E-state index in [1.807, 2.05) is 0 Å². The number of carbonyl (C=O) groups excluding carboxylic acids is 1. The molecular formula is C12H21NO. The van der Waals surface area contributed by atoms with E-state index in [9.17, 15) is 4.79 Å². The van der Waals surface area contributed by atoms with E-state index in [0.29, 0.717) is 16.6 Å². The molecule has 1 aliphatic carbocycles. The van der Waals surface area contributed by atoms with Gasteiger partial charge in [0, 0.05) is 6.54 Å². The van der Waals surface area contributed by atoms with Crippen LogP contribution in [0.5, 0.6) is 0 Å². The Kier molecular flexibility index (Phi) is 2.04. The molecule has 2 rings (SSSR count). The fourth-order valence-electron chi connectivity index (χ4n) is 3.96. The van der Waals surface area contributed by atoms with Crippen LogP contribution in [0.25, 0.3) is 0 Å². The van der Waals surface area contributed by atoms with Gasteiger partial charge >= 0.3 is 0 Å². The number of likely N-dealkylation sites (N-methyl/N-ethyl adjacent to an activating group) is 1. The number of ketones is 1. The summed E-state index contributed by atoms with van der Waals surface area (Å²) in [7, 11) is 2.09. The molecule has 0 radical (unpaired) electrons. The summed E-state index contributed by atoms with van der Waals surface area (Å²) in [6, 6.07) is 0.200. The highest BCUT2D eigenvalue weighted by Crippen LogP contribution is 2.59. The van der Waals surface area contributed by atoms with Gasteiger partial charge in [0.05, 0.1) is 6.04 Å². The van der Waals surface area contributed by atoms with Gasteiger partial charge in [-0.25, -0.2) is 0 Å². The normalized spacial score (nSPS) is 34.4. The second-order valence-corrected chi connectivity index (χ2v) is 6.26. The Morgan fingerprint density at radius 1 is 1.36 bits per heavy atom. The number of Topliss-reactive ketones (excluding diaryl/α,β-unsaturated/α-hetero) is 1. The van der Waals surface area contributed by atoms with Crippen LogP contribution < -0.4 is 0 Å². The second-order valence-electron chi connectivity index (χ2n) is 6.26. The van der Waals surface area contributed by atoms with Crippen LogP contribution in [0.3, 0.4) is 0 Å². The fourth-order valence-corrected chi connectivity index (χ4v) is 3.96. The number of rotatable bonds is 1. The fraction of sp³-hybridized carbons (Fsp3) is 0.917. The SMILES string of the molecule is CC(=O)[C@@H]1CC2(CN1C)CC(C)(C)C2. The van der Waals surface area contributed by atoms with Crippen molar-refractivity contribution in [1.82, 2.24) is 4.90 Å². The van der Waals surface area contributed by atoms with Crippen LogP contribution in [-0.4, -0.2) is 30.3 Å². The van der Waals surface area contributed by atoms with Gasteiger partial charge in [0.15, 0.2) is 0 Å². The topological polar surface area (TPSA) is 20.3 Å². The molecule has 0 N–H and O–H groups in total. The standard InChI is InChI=1S/C12H21NO/c1-9(14)10-5-12(8-13(10)4)6-11(2,3)7-12/h10H,5-8H2,1-4H3/t10-/m0/s1. The Hall–Kier alpha value is -0.370. The summed E-state index contributed by atoms with van der Waals surface area (Å²) in [5.74, 6) is 0.342. The third-order valence-electron chi connectivity index (χ3n) is 3.92. The summed E-state index contributed by atoms with van der Waals surface area (Å²) in [5.41, 5.74) is 1.00. The van der Waals surface area contributed by atoms with Crippen LogP contribution in [0.1, 0.15) is 40.0 Å². The minimum Gasteiger partial charge on any atom is -0.298 e. The molecule has 1 heterocycles. The van der Waals surface area contributed by atoms with Crippen molar-refractivity contribution < 1.29 is 4.79 Å². The van der Waals surface area contributed by atoms with Crippen molar-refractivity contribution in [3.05, 3.63) is 0 Å². The minimum atomic E-state index is 0.200. The zero-order valence-electron chi connectivity index (χ0n) is 9.76. The maximum atomic E-state index is 11.4. The lowest BCUT2D eigenvalue weighted by Gasteiger charge is -2.51. The first-order valence-corrected chi connectivity index (χ1v) is 5.54. The molecule has 14 heavy (non-hydrogen) atoms. The van der Waals surface area contributed by atoms with Gasteiger partial charge in [-0.05, 0) is 44.1 Å². The van der Waals surface area contributed by atoms with E-state index in [1.54, 1.807) is 6.92 Å². The van der Waals surface area contributed by atoms with Crippen LogP contribution in [0.4, 0.5) is 0 Å². The van der Waals surface area contributed by atoms with Crippen molar-refractivity contribution in [3.8, 4) is 0 Å². The van der Waals surface area contributed by atoms with E-state index in [-0.39, 0.29) is 6.04 Å². The van der Waals surface area contributed by atoms with Crippen LogP contribution in [0, 0.1) is 10.8 Å². The molecule has 1 aliphatic heterocycles. The van der Waals surface area contributed by atoms with Gasteiger partial charge in [0.1, 0.15) is 5.78 Å². The Morgan fingerprint density at radius 2 is 1.93 bits per heavy atom. The number of hydrogen-bond donors (Lipinski definition) is 0. The number of hydrogen-bond acceptors (Lipinski definition) is 2. The first-order chi connectivity index (χ1) is 6.34. The van der Waals surface area contributed by atoms with E-state index in [1.165, 1.54) is 12.8 Å². The molecule has 1 spiro atoms. The molecule has 0 unspecified atom stereocenters. The zero-order valence-corrected chi connectivity index (χ0v) is 9.76. The highest BCUT2D eigenvalue weighted by Gasteiger charge is 2.54. The van der Waals surface area contributed by atoms with Crippen LogP contribution in [-0.2, 0) is 4.79 Å². The third kappa shape index (κ3) is 1.50. The maximum Gasteiger partial charge on any atom is 0.146 e. The highest BCUT2D eigenvalue weighted by molar-refractivity contribution is 5.81. The average molecular weight is 195 g/mol. The van der Waals surface area contributed by atoms with Gasteiger partial charge in [-0.2, -0.15) is 0 Å². The lowest BCUT2D eigenvalue weighted by molar-refractivity contribution is -0.121. The Bertz CT molecular complexity index is 261. The number of likely N-dealkylation sites (tertiary alicyclic amines) is 1. The highest BCUT2D eigenvalue weighted by atomic mass is 16.1. The molecule has 0 aromatic rings. The van der Waals surface area contributed by atoms with E-state index in [2.05, 4.69) is 25.8 Å². The Balaban J connectivity index is 2.04. The molecule has 2 fully saturated rings. The molecule has 0 bridgehead atoms. The predicted octanol–water partition coefficient (Wildman–Crippen LogP) is 2.09. The summed E-state index contributed by atoms with van der Waals surface area (Å²) >= 11 is 0. The van der Waals surface area contributed by atoms with Crippen molar-refractivity contribution >= 4 is 5.78 Å². The van der Waals surface area contributed by atoms with Crippen molar-refractivity contribution in [2.75, 3.05) is 13.6 Å². The van der Waals surface area contributed by atoms with E-state index < -0.39 is 0 Å². The van der Waals surface area contributed by atoms with E-state index in [4.69, 9.17) is 0 Å². The largest absolute Gasteiger partial charge is 0.298 e. The van der Waals surface area contributed by atoms with Gasteiger partial charge < -0.3 is 0 Å². The van der Waals surface area contributed by atoms with Gasteiger partial charge in [0.2, 0.25) is 0 Å². The van der Waals surface area contributed by atoms with Gasteiger partial charge in [-0.1, -0.05) is 13.8 Å². The summed E-state index contributed by atoms with van der Waals surface area (Å²) in [5, 5.41) is 0. The molecule has 1 atom stereocenters. The third-order valence-corrected chi connectivity index (χ3v) is 3.92. The molecule has 0 aromatic heterocycles. The monoisotopic (exact) mass is 195 g/mol. The predicted molar refractivity (Wildman–Crippen MR) is 57.2 cm³/mol. The lowest BCUT2D eigenvalue weighted by atomic mass is 9.53. The van der Waals surface area contributed by atoms with Crippen LogP contribution >= 0.6 is 0 Å². The summed E-state index contributed by atoms with van der Waals surface area (Å²) in [4.78, 5) is 13.7. The summed E-state index contributed by atoms with van der Waals surface area (Å²) in [6.07, 6.45) is 3.70. The molecule has 80 valence electrons. The molecule has 2 nitrogen and oxygen atoms in total.